The molecule has 0 saturated heterocycles. The van der Waals surface area contributed by atoms with Crippen LogP contribution in [-0.2, 0) is 22.8 Å². The van der Waals surface area contributed by atoms with Crippen molar-refractivity contribution >= 4 is 39.8 Å². The molecule has 2 rings (SSSR count). The summed E-state index contributed by atoms with van der Waals surface area (Å²) in [6.45, 7) is 3.98. The maximum absolute atomic E-state index is 11.5. The second kappa shape index (κ2) is 11.1. The Hall–Kier alpha value is -1.68. The fourth-order valence-corrected chi connectivity index (χ4v) is 2.84. The van der Waals surface area contributed by atoms with Gasteiger partial charge in [-0.25, -0.2) is 13.4 Å². The van der Waals surface area contributed by atoms with Gasteiger partial charge in [-0.1, -0.05) is 18.2 Å². The molecule has 1 heterocycles. The maximum Gasteiger partial charge on any atom is 0.191 e. The van der Waals surface area contributed by atoms with Crippen molar-refractivity contribution in [3.8, 4) is 0 Å². The smallest absolute Gasteiger partial charge is 0.191 e. The predicted molar refractivity (Wildman–Crippen MR) is 116 cm³/mol. The van der Waals surface area contributed by atoms with E-state index in [2.05, 4.69) is 20.6 Å². The van der Waals surface area contributed by atoms with E-state index in [-0.39, 0.29) is 24.0 Å². The maximum atomic E-state index is 11.5. The van der Waals surface area contributed by atoms with Crippen LogP contribution in [-0.4, -0.2) is 38.7 Å². The summed E-state index contributed by atoms with van der Waals surface area (Å²) in [7, 11) is -3.16. The predicted octanol–water partition coefficient (Wildman–Crippen LogP) is 2.40. The van der Waals surface area contributed by atoms with Gasteiger partial charge in [0.25, 0.3) is 0 Å². The van der Waals surface area contributed by atoms with Crippen LogP contribution in [0.15, 0.2) is 58.5 Å². The van der Waals surface area contributed by atoms with Crippen LogP contribution < -0.4 is 10.6 Å². The molecule has 0 unspecified atom stereocenters. The van der Waals surface area contributed by atoms with Crippen LogP contribution in [0.2, 0.25) is 0 Å². The average Bonchev–Trinajstić information content (AvgIpc) is 2.60. The monoisotopic (exact) mass is 488 g/mol. The lowest BCUT2D eigenvalue weighted by Crippen LogP contribution is -2.38. The molecule has 0 radical (unpaired) electrons. The summed E-state index contributed by atoms with van der Waals surface area (Å²) in [4.78, 5) is 9.15. The third-order valence-corrected chi connectivity index (χ3v) is 4.64. The molecule has 0 amide bonds. The zero-order valence-corrected chi connectivity index (χ0v) is 18.1. The molecule has 2 aromatic rings. The number of aliphatic imine (C=N–C) groups is 1. The molecule has 0 saturated carbocycles. The minimum Gasteiger partial charge on any atom is -0.357 e. The zero-order valence-electron chi connectivity index (χ0n) is 15.0. The molecule has 0 atom stereocenters. The van der Waals surface area contributed by atoms with Crippen LogP contribution in [0, 0.1) is 0 Å². The van der Waals surface area contributed by atoms with E-state index >= 15 is 0 Å². The first kappa shape index (κ1) is 22.4. The van der Waals surface area contributed by atoms with Crippen LogP contribution in [0.4, 0.5) is 0 Å². The highest BCUT2D eigenvalue weighted by Gasteiger charge is 2.06. The van der Waals surface area contributed by atoms with Gasteiger partial charge in [0, 0.05) is 37.7 Å². The lowest BCUT2D eigenvalue weighted by Gasteiger charge is -2.11. The normalized spacial score (nSPS) is 11.5. The van der Waals surface area contributed by atoms with Gasteiger partial charge in [0.05, 0.1) is 11.4 Å². The fraction of sp³-hybridized carbons (Fsp3) is 0.333. The summed E-state index contributed by atoms with van der Waals surface area (Å²) in [6, 6.07) is 12.7. The molecule has 0 aliphatic heterocycles. The van der Waals surface area contributed by atoms with Gasteiger partial charge in [-0.15, -0.1) is 24.0 Å². The Bertz CT molecular complexity index is 794. The Morgan fingerprint density at radius 3 is 2.42 bits per heavy atom. The lowest BCUT2D eigenvalue weighted by atomic mass is 10.2. The van der Waals surface area contributed by atoms with Crippen molar-refractivity contribution in [3.05, 3.63) is 59.9 Å². The van der Waals surface area contributed by atoms with Crippen LogP contribution in [0.5, 0.6) is 0 Å². The highest BCUT2D eigenvalue weighted by Crippen LogP contribution is 2.10. The molecule has 2 N–H and O–H groups in total. The van der Waals surface area contributed by atoms with Crippen molar-refractivity contribution in [2.75, 3.05) is 19.3 Å². The van der Waals surface area contributed by atoms with Crippen molar-refractivity contribution in [2.24, 2.45) is 4.99 Å². The molecule has 142 valence electrons. The number of sulfone groups is 1. The number of rotatable bonds is 7. The Morgan fingerprint density at radius 2 is 1.85 bits per heavy atom. The quantitative estimate of drug-likeness (QED) is 0.356. The molecule has 6 nitrogen and oxygen atoms in total. The van der Waals surface area contributed by atoms with Crippen LogP contribution >= 0.6 is 24.0 Å². The van der Waals surface area contributed by atoms with E-state index in [9.17, 15) is 8.42 Å². The number of halogens is 1. The van der Waals surface area contributed by atoms with E-state index in [1.807, 2.05) is 25.1 Å². The summed E-state index contributed by atoms with van der Waals surface area (Å²) in [5.74, 6) is 0.727. The lowest BCUT2D eigenvalue weighted by molar-refractivity contribution is 0.602. The number of benzene rings is 1. The summed E-state index contributed by atoms with van der Waals surface area (Å²) in [6.07, 6.45) is 3.80. The first-order chi connectivity index (χ1) is 12.0. The Labute approximate surface area is 172 Å². The third-order valence-electron chi connectivity index (χ3n) is 3.52. The van der Waals surface area contributed by atoms with Crippen molar-refractivity contribution in [1.82, 2.24) is 15.6 Å². The van der Waals surface area contributed by atoms with E-state index in [0.717, 1.165) is 36.7 Å². The first-order valence-electron chi connectivity index (χ1n) is 8.20. The summed E-state index contributed by atoms with van der Waals surface area (Å²) >= 11 is 0. The summed E-state index contributed by atoms with van der Waals surface area (Å²) < 4.78 is 23.0. The average molecular weight is 488 g/mol. The Kier molecular flexibility index (Phi) is 9.57. The van der Waals surface area contributed by atoms with Crippen molar-refractivity contribution in [2.45, 2.75) is 24.8 Å². The molecule has 0 fully saturated rings. The molecule has 0 spiro atoms. The van der Waals surface area contributed by atoms with Gasteiger partial charge in [-0.05, 0) is 36.8 Å². The number of guanidine groups is 1. The van der Waals surface area contributed by atoms with E-state index in [4.69, 9.17) is 0 Å². The molecule has 1 aromatic heterocycles. The van der Waals surface area contributed by atoms with Crippen molar-refractivity contribution in [3.63, 3.8) is 0 Å². The second-order valence-electron chi connectivity index (χ2n) is 5.61. The van der Waals surface area contributed by atoms with Gasteiger partial charge in [0.2, 0.25) is 0 Å². The Balaban J connectivity index is 0.00000338. The number of aromatic nitrogens is 1. The van der Waals surface area contributed by atoms with Gasteiger partial charge < -0.3 is 10.6 Å². The van der Waals surface area contributed by atoms with Gasteiger partial charge in [0.15, 0.2) is 15.8 Å². The van der Waals surface area contributed by atoms with Crippen LogP contribution in [0.25, 0.3) is 0 Å². The number of hydrogen-bond acceptors (Lipinski definition) is 4. The van der Waals surface area contributed by atoms with Crippen LogP contribution in [0.3, 0.4) is 0 Å². The third kappa shape index (κ3) is 7.69. The Morgan fingerprint density at radius 1 is 1.12 bits per heavy atom. The summed E-state index contributed by atoms with van der Waals surface area (Å²) in [5, 5.41) is 6.48. The first-order valence-corrected chi connectivity index (χ1v) is 10.1. The van der Waals surface area contributed by atoms with Crippen molar-refractivity contribution in [1.29, 1.82) is 0 Å². The van der Waals surface area contributed by atoms with Crippen LogP contribution in [0.1, 0.15) is 18.2 Å². The largest absolute Gasteiger partial charge is 0.357 e. The molecule has 0 aliphatic rings. The molecular formula is C18H25IN4O2S. The van der Waals surface area contributed by atoms with Gasteiger partial charge in [-0.2, -0.15) is 0 Å². The van der Waals surface area contributed by atoms with Gasteiger partial charge in [-0.3, -0.25) is 4.98 Å². The molecular weight excluding hydrogens is 463 g/mol. The van der Waals surface area contributed by atoms with E-state index in [1.165, 1.54) is 6.26 Å². The molecule has 0 aliphatic carbocycles. The SMILES string of the molecule is CCNC(=NCc1ccc(S(C)(=O)=O)cc1)NCCc1ccccn1.I. The number of nitrogens with one attached hydrogen (secondary N) is 2. The fourth-order valence-electron chi connectivity index (χ4n) is 2.21. The van der Waals surface area contributed by atoms with Gasteiger partial charge in [0.1, 0.15) is 0 Å². The molecule has 0 bridgehead atoms. The molecule has 26 heavy (non-hydrogen) atoms. The zero-order chi connectivity index (χ0) is 18.1. The number of pyridine rings is 1. The molecule has 1 aromatic carbocycles. The minimum absolute atomic E-state index is 0. The van der Waals surface area contributed by atoms with Crippen molar-refractivity contribution < 1.29 is 8.42 Å². The van der Waals surface area contributed by atoms with E-state index in [0.29, 0.717) is 11.4 Å². The summed E-state index contributed by atoms with van der Waals surface area (Å²) in [5.41, 5.74) is 1.98. The highest BCUT2D eigenvalue weighted by atomic mass is 127. The number of nitrogens with zero attached hydrogens (tertiary/aromatic N) is 2. The van der Waals surface area contributed by atoms with Gasteiger partial charge >= 0.3 is 0 Å². The minimum atomic E-state index is -3.16. The number of hydrogen-bond donors (Lipinski definition) is 2. The molecule has 8 heteroatoms. The van der Waals surface area contributed by atoms with E-state index in [1.54, 1.807) is 30.5 Å². The highest BCUT2D eigenvalue weighted by molar-refractivity contribution is 14.0. The van der Waals surface area contributed by atoms with E-state index < -0.39 is 9.84 Å². The second-order valence-corrected chi connectivity index (χ2v) is 7.62. The topological polar surface area (TPSA) is 83.5 Å². The standard InChI is InChI=1S/C18H24N4O2S.HI/c1-3-19-18(21-13-11-16-6-4-5-12-20-16)22-14-15-7-9-17(10-8-15)25(2,23)24;/h4-10,12H,3,11,13-14H2,1-2H3,(H2,19,21,22);1H.